The van der Waals surface area contributed by atoms with Gasteiger partial charge < -0.3 is 10.0 Å². The van der Waals surface area contributed by atoms with E-state index in [1.807, 2.05) is 24.3 Å². The fourth-order valence-electron chi connectivity index (χ4n) is 2.48. The molecule has 1 N–H and O–H groups in total. The first-order valence-corrected chi connectivity index (χ1v) is 8.53. The summed E-state index contributed by atoms with van der Waals surface area (Å²) < 4.78 is 1.06. The van der Waals surface area contributed by atoms with Crippen LogP contribution in [-0.2, 0) is 0 Å². The Morgan fingerprint density at radius 3 is 2.30 bits per heavy atom. The Morgan fingerprint density at radius 1 is 1.15 bits per heavy atom. The van der Waals surface area contributed by atoms with Crippen LogP contribution in [0.3, 0.4) is 0 Å². The highest BCUT2D eigenvalue weighted by Gasteiger charge is 2.28. The zero-order chi connectivity index (χ0) is 14.5. The van der Waals surface area contributed by atoms with Crippen molar-refractivity contribution in [3.05, 3.63) is 34.3 Å². The quantitative estimate of drug-likeness (QED) is 0.759. The molecule has 1 aliphatic rings. The van der Waals surface area contributed by atoms with Gasteiger partial charge in [-0.1, -0.05) is 41.9 Å². The van der Waals surface area contributed by atoms with Crippen molar-refractivity contribution in [2.45, 2.75) is 51.7 Å². The zero-order valence-corrected chi connectivity index (χ0v) is 14.1. The van der Waals surface area contributed by atoms with Crippen LogP contribution in [-0.4, -0.2) is 29.1 Å². The van der Waals surface area contributed by atoms with Crippen molar-refractivity contribution >= 4 is 15.9 Å². The second-order valence-electron chi connectivity index (χ2n) is 6.31. The molecule has 1 unspecified atom stereocenters. The average Bonchev–Trinajstić information content (AvgIpc) is 3.23. The van der Waals surface area contributed by atoms with Gasteiger partial charge in [-0.2, -0.15) is 0 Å². The summed E-state index contributed by atoms with van der Waals surface area (Å²) in [4.78, 5) is 2.57. The molecule has 1 aliphatic carbocycles. The van der Waals surface area contributed by atoms with Crippen LogP contribution >= 0.6 is 15.9 Å². The summed E-state index contributed by atoms with van der Waals surface area (Å²) >= 11 is 3.43. The van der Waals surface area contributed by atoms with Crippen molar-refractivity contribution < 1.29 is 5.11 Å². The van der Waals surface area contributed by atoms with E-state index < -0.39 is 0 Å². The number of rotatable bonds is 8. The Bertz CT molecular complexity index is 400. The highest BCUT2D eigenvalue weighted by molar-refractivity contribution is 9.10. The molecule has 1 fully saturated rings. The third kappa shape index (κ3) is 5.19. The molecule has 2 rings (SSSR count). The van der Waals surface area contributed by atoms with E-state index in [2.05, 4.69) is 34.7 Å². The molecule has 2 nitrogen and oxygen atoms in total. The van der Waals surface area contributed by atoms with Crippen LogP contribution in [0.2, 0.25) is 0 Å². The van der Waals surface area contributed by atoms with Crippen LogP contribution in [0.1, 0.15) is 51.2 Å². The minimum absolute atomic E-state index is 0.344. The number of hydrogen-bond acceptors (Lipinski definition) is 2. The SMILES string of the molecule is CC(C)CCN(CCC(O)c1ccc(Br)cc1)C1CC1. The maximum atomic E-state index is 10.3. The lowest BCUT2D eigenvalue weighted by molar-refractivity contribution is 0.137. The molecule has 1 aromatic rings. The summed E-state index contributed by atoms with van der Waals surface area (Å²) in [5, 5.41) is 10.3. The fourth-order valence-corrected chi connectivity index (χ4v) is 2.74. The minimum atomic E-state index is -0.344. The molecule has 3 heteroatoms. The topological polar surface area (TPSA) is 23.5 Å². The summed E-state index contributed by atoms with van der Waals surface area (Å²) in [6, 6.07) is 8.78. The molecular weight excluding hydrogens is 314 g/mol. The molecule has 0 amide bonds. The van der Waals surface area contributed by atoms with Crippen LogP contribution in [0.4, 0.5) is 0 Å². The van der Waals surface area contributed by atoms with Gasteiger partial charge in [0.25, 0.3) is 0 Å². The van der Waals surface area contributed by atoms with Crippen molar-refractivity contribution in [3.8, 4) is 0 Å². The van der Waals surface area contributed by atoms with E-state index in [4.69, 9.17) is 0 Å². The number of hydrogen-bond donors (Lipinski definition) is 1. The maximum Gasteiger partial charge on any atom is 0.0802 e. The smallest absolute Gasteiger partial charge is 0.0802 e. The Labute approximate surface area is 131 Å². The minimum Gasteiger partial charge on any atom is -0.388 e. The maximum absolute atomic E-state index is 10.3. The number of benzene rings is 1. The second kappa shape index (κ2) is 7.58. The highest BCUT2D eigenvalue weighted by atomic mass is 79.9. The lowest BCUT2D eigenvalue weighted by Crippen LogP contribution is -2.30. The summed E-state index contributed by atoms with van der Waals surface area (Å²) in [6.45, 7) is 6.74. The molecule has 0 spiro atoms. The van der Waals surface area contributed by atoms with Gasteiger partial charge in [-0.15, -0.1) is 0 Å². The molecule has 0 saturated heterocycles. The molecular formula is C17H26BrNO. The summed E-state index contributed by atoms with van der Waals surface area (Å²) in [5.41, 5.74) is 1.02. The van der Waals surface area contributed by atoms with Gasteiger partial charge in [0.15, 0.2) is 0 Å². The Morgan fingerprint density at radius 2 is 1.75 bits per heavy atom. The van der Waals surface area contributed by atoms with Gasteiger partial charge >= 0.3 is 0 Å². The van der Waals surface area contributed by atoms with E-state index in [-0.39, 0.29) is 6.10 Å². The van der Waals surface area contributed by atoms with Gasteiger partial charge in [0, 0.05) is 17.1 Å². The van der Waals surface area contributed by atoms with Crippen molar-refractivity contribution in [2.24, 2.45) is 5.92 Å². The Kier molecular flexibility index (Phi) is 6.06. The van der Waals surface area contributed by atoms with E-state index >= 15 is 0 Å². The standard InChI is InChI=1S/C17H26BrNO/c1-13(2)9-11-19(16-7-8-16)12-10-17(20)14-3-5-15(18)6-4-14/h3-6,13,16-17,20H,7-12H2,1-2H3. The summed E-state index contributed by atoms with van der Waals surface area (Å²) in [6.07, 6.45) is 4.42. The third-order valence-electron chi connectivity index (χ3n) is 4.00. The van der Waals surface area contributed by atoms with E-state index in [1.165, 1.54) is 25.8 Å². The molecule has 1 atom stereocenters. The molecule has 0 bridgehead atoms. The first-order valence-electron chi connectivity index (χ1n) is 7.74. The highest BCUT2D eigenvalue weighted by Crippen LogP contribution is 2.29. The number of aliphatic hydroxyl groups is 1. The van der Waals surface area contributed by atoms with Crippen LogP contribution in [0.5, 0.6) is 0 Å². The van der Waals surface area contributed by atoms with E-state index in [9.17, 15) is 5.11 Å². The van der Waals surface area contributed by atoms with Gasteiger partial charge in [-0.05, 0) is 55.8 Å². The van der Waals surface area contributed by atoms with Gasteiger partial charge in [0.05, 0.1) is 6.10 Å². The number of halogens is 1. The number of aliphatic hydroxyl groups excluding tert-OH is 1. The van der Waals surface area contributed by atoms with Crippen molar-refractivity contribution in [2.75, 3.05) is 13.1 Å². The molecule has 0 aliphatic heterocycles. The molecule has 1 saturated carbocycles. The van der Waals surface area contributed by atoms with Crippen molar-refractivity contribution in [3.63, 3.8) is 0 Å². The first kappa shape index (κ1) is 16.0. The lowest BCUT2D eigenvalue weighted by Gasteiger charge is -2.24. The fraction of sp³-hybridized carbons (Fsp3) is 0.647. The second-order valence-corrected chi connectivity index (χ2v) is 7.22. The first-order chi connectivity index (χ1) is 9.56. The predicted octanol–water partition coefficient (Wildman–Crippen LogP) is 4.38. The van der Waals surface area contributed by atoms with E-state index in [0.717, 1.165) is 35.0 Å². The van der Waals surface area contributed by atoms with Gasteiger partial charge in [0.1, 0.15) is 0 Å². The third-order valence-corrected chi connectivity index (χ3v) is 4.53. The van der Waals surface area contributed by atoms with Gasteiger partial charge in [-0.25, -0.2) is 0 Å². The normalized spacial score (nSPS) is 16.9. The summed E-state index contributed by atoms with van der Waals surface area (Å²) in [7, 11) is 0. The molecule has 0 heterocycles. The average molecular weight is 340 g/mol. The molecule has 0 radical (unpaired) electrons. The van der Waals surface area contributed by atoms with Crippen molar-refractivity contribution in [1.82, 2.24) is 4.90 Å². The van der Waals surface area contributed by atoms with Crippen LogP contribution in [0, 0.1) is 5.92 Å². The predicted molar refractivity (Wildman–Crippen MR) is 87.8 cm³/mol. The largest absolute Gasteiger partial charge is 0.388 e. The van der Waals surface area contributed by atoms with Gasteiger partial charge in [-0.3, -0.25) is 0 Å². The summed E-state index contributed by atoms with van der Waals surface area (Å²) in [5.74, 6) is 0.757. The van der Waals surface area contributed by atoms with E-state index in [1.54, 1.807) is 0 Å². The molecule has 1 aromatic carbocycles. The van der Waals surface area contributed by atoms with E-state index in [0.29, 0.717) is 0 Å². The van der Waals surface area contributed by atoms with Crippen LogP contribution in [0.25, 0.3) is 0 Å². The zero-order valence-electron chi connectivity index (χ0n) is 12.6. The van der Waals surface area contributed by atoms with Gasteiger partial charge in [0.2, 0.25) is 0 Å². The monoisotopic (exact) mass is 339 g/mol. The van der Waals surface area contributed by atoms with Crippen LogP contribution in [0.15, 0.2) is 28.7 Å². The van der Waals surface area contributed by atoms with Crippen molar-refractivity contribution in [1.29, 1.82) is 0 Å². The Balaban J connectivity index is 1.80. The van der Waals surface area contributed by atoms with Crippen LogP contribution < -0.4 is 0 Å². The molecule has 0 aromatic heterocycles. The molecule has 112 valence electrons. The lowest BCUT2D eigenvalue weighted by atomic mass is 10.1. The Hall–Kier alpha value is -0.380. The molecule has 20 heavy (non-hydrogen) atoms. The number of nitrogens with zero attached hydrogens (tertiary/aromatic N) is 1.